The number of hydrogen-bond acceptors (Lipinski definition) is 5. The van der Waals surface area contributed by atoms with Crippen LogP contribution in [0.25, 0.3) is 5.70 Å². The molecule has 0 radical (unpaired) electrons. The third kappa shape index (κ3) is 5.26. The van der Waals surface area contributed by atoms with E-state index >= 15 is 0 Å². The molecule has 2 aliphatic carbocycles. The van der Waals surface area contributed by atoms with E-state index in [0.717, 1.165) is 67.2 Å². The van der Waals surface area contributed by atoms with Crippen molar-refractivity contribution in [3.63, 3.8) is 0 Å². The number of pyridine rings is 1. The van der Waals surface area contributed by atoms with E-state index in [1.54, 1.807) is 0 Å². The number of rotatable bonds is 7. The molecule has 1 aliphatic heterocycles. The summed E-state index contributed by atoms with van der Waals surface area (Å²) in [5, 5.41) is 3.71. The topological polar surface area (TPSA) is 80.2 Å². The second-order valence-corrected chi connectivity index (χ2v) is 9.46. The summed E-state index contributed by atoms with van der Waals surface area (Å²) in [5.41, 5.74) is 20.2. The van der Waals surface area contributed by atoms with Crippen LogP contribution >= 0.6 is 0 Å². The van der Waals surface area contributed by atoms with Gasteiger partial charge < -0.3 is 21.7 Å². The smallest absolute Gasteiger partial charge is 0.110 e. The Hall–Kier alpha value is -2.53. The Morgan fingerprint density at radius 2 is 1.94 bits per heavy atom. The Bertz CT molecular complexity index is 914. The van der Waals surface area contributed by atoms with Crippen molar-refractivity contribution in [3.05, 3.63) is 65.3 Å². The molecule has 0 amide bonds. The number of likely N-dealkylation sites (tertiary alicyclic amines) is 1. The van der Waals surface area contributed by atoms with Gasteiger partial charge in [-0.1, -0.05) is 31.9 Å². The first-order valence-electron chi connectivity index (χ1n) is 12.4. The van der Waals surface area contributed by atoms with Crippen molar-refractivity contribution < 1.29 is 0 Å². The minimum Gasteiger partial charge on any atom is -0.397 e. The molecule has 0 unspecified atom stereocenters. The van der Waals surface area contributed by atoms with Crippen molar-refractivity contribution in [2.24, 2.45) is 5.73 Å². The van der Waals surface area contributed by atoms with Gasteiger partial charge in [0.2, 0.25) is 0 Å². The summed E-state index contributed by atoms with van der Waals surface area (Å²) in [6, 6.07) is 4.39. The van der Waals surface area contributed by atoms with Crippen LogP contribution in [0, 0.1) is 0 Å². The summed E-state index contributed by atoms with van der Waals surface area (Å²) in [4.78, 5) is 7.50. The van der Waals surface area contributed by atoms with Crippen LogP contribution in [-0.2, 0) is 0 Å². The summed E-state index contributed by atoms with van der Waals surface area (Å²) >= 11 is 0. The highest BCUT2D eigenvalue weighted by Crippen LogP contribution is 2.38. The average Bonchev–Trinajstić information content (AvgIpc) is 3.65. The molecule has 5 N–H and O–H groups in total. The van der Waals surface area contributed by atoms with E-state index < -0.39 is 0 Å². The molecule has 0 bridgehead atoms. The van der Waals surface area contributed by atoms with Crippen LogP contribution in [0.1, 0.15) is 82.0 Å². The van der Waals surface area contributed by atoms with Crippen LogP contribution in [0.4, 0.5) is 5.69 Å². The summed E-state index contributed by atoms with van der Waals surface area (Å²) in [6.45, 7) is 8.06. The monoisotopic (exact) mass is 433 g/mol. The lowest BCUT2D eigenvalue weighted by Gasteiger charge is -2.34. The van der Waals surface area contributed by atoms with Gasteiger partial charge in [0.25, 0.3) is 0 Å². The number of piperidine rings is 1. The van der Waals surface area contributed by atoms with E-state index in [2.05, 4.69) is 41.9 Å². The van der Waals surface area contributed by atoms with Crippen molar-refractivity contribution in [1.29, 1.82) is 0 Å². The molecular weight excluding hydrogens is 394 g/mol. The van der Waals surface area contributed by atoms with E-state index in [4.69, 9.17) is 16.5 Å². The molecular formula is C27H39N5. The zero-order valence-electron chi connectivity index (χ0n) is 19.6. The fraction of sp³-hybridized carbons (Fsp3) is 0.519. The number of nitrogens with one attached hydrogen (secondary N) is 1. The van der Waals surface area contributed by atoms with Gasteiger partial charge in [0.15, 0.2) is 0 Å². The molecule has 1 aromatic heterocycles. The Balaban J connectivity index is 1.68. The third-order valence-corrected chi connectivity index (χ3v) is 6.92. The maximum absolute atomic E-state index is 6.48. The molecule has 1 aromatic rings. The fourth-order valence-corrected chi connectivity index (χ4v) is 5.05. The van der Waals surface area contributed by atoms with Crippen LogP contribution in [-0.4, -0.2) is 29.0 Å². The van der Waals surface area contributed by atoms with Crippen molar-refractivity contribution in [3.8, 4) is 0 Å². The minimum absolute atomic E-state index is 0.209. The van der Waals surface area contributed by atoms with E-state index in [0.29, 0.717) is 5.92 Å². The van der Waals surface area contributed by atoms with E-state index in [-0.39, 0.29) is 6.04 Å². The van der Waals surface area contributed by atoms with Gasteiger partial charge in [-0.3, -0.25) is 0 Å². The predicted molar refractivity (Wildman–Crippen MR) is 135 cm³/mol. The number of nitrogens with two attached hydrogens (primary N) is 2. The highest BCUT2D eigenvalue weighted by atomic mass is 15.2. The van der Waals surface area contributed by atoms with Crippen LogP contribution in [0.5, 0.6) is 0 Å². The number of anilines is 1. The molecule has 5 nitrogen and oxygen atoms in total. The lowest BCUT2D eigenvalue weighted by Crippen LogP contribution is -2.42. The quantitative estimate of drug-likeness (QED) is 0.515. The molecule has 5 heteroatoms. The van der Waals surface area contributed by atoms with Gasteiger partial charge in [-0.25, -0.2) is 4.98 Å². The molecule has 172 valence electrons. The van der Waals surface area contributed by atoms with Gasteiger partial charge in [0, 0.05) is 30.7 Å². The second-order valence-electron chi connectivity index (χ2n) is 9.46. The summed E-state index contributed by atoms with van der Waals surface area (Å²) in [6.07, 6.45) is 16.9. The van der Waals surface area contributed by atoms with E-state index in [1.807, 2.05) is 12.1 Å². The maximum atomic E-state index is 6.48. The van der Waals surface area contributed by atoms with Gasteiger partial charge in [0.1, 0.15) is 5.69 Å². The number of allylic oxidation sites excluding steroid dienone is 4. The Morgan fingerprint density at radius 1 is 1.16 bits per heavy atom. The summed E-state index contributed by atoms with van der Waals surface area (Å²) < 4.78 is 0. The molecule has 3 fully saturated rings. The van der Waals surface area contributed by atoms with Crippen molar-refractivity contribution >= 4 is 11.4 Å². The molecule has 32 heavy (non-hydrogen) atoms. The van der Waals surface area contributed by atoms with Gasteiger partial charge in [-0.15, -0.1) is 0 Å². The lowest BCUT2D eigenvalue weighted by atomic mass is 9.86. The summed E-state index contributed by atoms with van der Waals surface area (Å²) in [5.74, 6) is 0.552. The van der Waals surface area contributed by atoms with Crippen molar-refractivity contribution in [1.82, 2.24) is 15.2 Å². The third-order valence-electron chi connectivity index (χ3n) is 6.92. The zero-order chi connectivity index (χ0) is 22.5. The molecule has 4 rings (SSSR count). The largest absolute Gasteiger partial charge is 0.397 e. The number of nitrogens with zero attached hydrogens (tertiary/aromatic N) is 2. The molecule has 1 atom stereocenters. The normalized spacial score (nSPS) is 22.6. The van der Waals surface area contributed by atoms with Gasteiger partial charge in [0.05, 0.1) is 22.8 Å². The van der Waals surface area contributed by atoms with Gasteiger partial charge in [-0.05, 0) is 75.3 Å². The van der Waals surface area contributed by atoms with Crippen molar-refractivity contribution in [2.75, 3.05) is 18.8 Å². The van der Waals surface area contributed by atoms with E-state index in [1.165, 1.54) is 43.4 Å². The number of hydrogen-bond donors (Lipinski definition) is 3. The standard InChI is InChI=1S/C27H39N5/c1-3-9-25(32-17-8-12-21(28)18-32)23(4-2)30-26(20-13-14-20)27-22(29)15-16-24(31-27)19-10-6-5-7-11-19/h3-4,9,15-16,19,21,30H,2,5-8,10-14,17-18,28-29H2,1H3/b9-3-,25-23-/t21-/m0/s1. The summed E-state index contributed by atoms with van der Waals surface area (Å²) in [7, 11) is 0. The molecule has 2 heterocycles. The molecule has 2 saturated carbocycles. The lowest BCUT2D eigenvalue weighted by molar-refractivity contribution is 0.264. The highest BCUT2D eigenvalue weighted by Gasteiger charge is 2.26. The SMILES string of the molecule is C=C/C(NC(=C1CC1)c1nc(C2CCCCC2)ccc1N)=C(\C=C/C)N1CCC[C@H](N)C1. The number of aromatic nitrogens is 1. The maximum Gasteiger partial charge on any atom is 0.110 e. The first-order valence-corrected chi connectivity index (χ1v) is 12.4. The van der Waals surface area contributed by atoms with Crippen LogP contribution in [0.3, 0.4) is 0 Å². The van der Waals surface area contributed by atoms with Gasteiger partial charge >= 0.3 is 0 Å². The first-order chi connectivity index (χ1) is 15.6. The second kappa shape index (κ2) is 10.4. The average molecular weight is 434 g/mol. The Morgan fingerprint density at radius 3 is 2.59 bits per heavy atom. The fourth-order valence-electron chi connectivity index (χ4n) is 5.05. The first kappa shape index (κ1) is 22.7. The minimum atomic E-state index is 0.209. The molecule has 0 aromatic carbocycles. The van der Waals surface area contributed by atoms with Crippen molar-refractivity contribution in [2.45, 2.75) is 76.7 Å². The van der Waals surface area contributed by atoms with E-state index in [9.17, 15) is 0 Å². The Labute approximate surface area is 193 Å². The van der Waals surface area contributed by atoms with Crippen LogP contribution in [0.2, 0.25) is 0 Å². The molecule has 1 saturated heterocycles. The van der Waals surface area contributed by atoms with Gasteiger partial charge in [-0.2, -0.15) is 0 Å². The number of nitrogen functional groups attached to an aromatic ring is 1. The predicted octanol–water partition coefficient (Wildman–Crippen LogP) is 5.20. The zero-order valence-corrected chi connectivity index (χ0v) is 19.6. The van der Waals surface area contributed by atoms with Crippen LogP contribution < -0.4 is 16.8 Å². The molecule has 0 spiro atoms. The Kier molecular flexibility index (Phi) is 7.36. The molecule has 3 aliphatic rings. The highest BCUT2D eigenvalue weighted by molar-refractivity contribution is 5.76. The van der Waals surface area contributed by atoms with Crippen LogP contribution in [0.15, 0.2) is 53.9 Å².